The third kappa shape index (κ3) is 1.93. The van der Waals surface area contributed by atoms with E-state index in [4.69, 9.17) is 4.74 Å². The number of aliphatic imine (C=N–C) groups is 1. The van der Waals surface area contributed by atoms with E-state index in [1.165, 1.54) is 11.3 Å². The van der Waals surface area contributed by atoms with Crippen LogP contribution in [0.5, 0.6) is 0 Å². The molecule has 17 heavy (non-hydrogen) atoms. The summed E-state index contributed by atoms with van der Waals surface area (Å²) in [6.45, 7) is 4.84. The molecule has 1 aromatic rings. The first-order valence-corrected chi connectivity index (χ1v) is 5.91. The van der Waals surface area contributed by atoms with Gasteiger partial charge in [-0.05, 0) is 25.5 Å². The first-order valence-electron chi connectivity index (χ1n) is 5.91. The Labute approximate surface area is 101 Å². The number of nitrogens with zero attached hydrogens (tertiary/aromatic N) is 1. The van der Waals surface area contributed by atoms with Crippen LogP contribution in [0.15, 0.2) is 41.0 Å². The molecule has 3 heteroatoms. The quantitative estimate of drug-likeness (QED) is 0.801. The Bertz CT molecular complexity index is 515. The SMILES string of the molecule is CC1(C)COC(C2=CNc3ccccc3C2)=N1. The van der Waals surface area contributed by atoms with E-state index >= 15 is 0 Å². The maximum atomic E-state index is 5.66. The van der Waals surface area contributed by atoms with Gasteiger partial charge >= 0.3 is 0 Å². The van der Waals surface area contributed by atoms with E-state index in [1.807, 2.05) is 12.3 Å². The predicted molar refractivity (Wildman–Crippen MR) is 69.3 cm³/mol. The molecule has 0 spiro atoms. The highest BCUT2D eigenvalue weighted by Gasteiger charge is 2.29. The second-order valence-electron chi connectivity index (χ2n) is 5.17. The zero-order valence-corrected chi connectivity index (χ0v) is 10.2. The number of nitrogens with one attached hydrogen (secondary N) is 1. The third-order valence-corrected chi connectivity index (χ3v) is 3.04. The van der Waals surface area contributed by atoms with Crippen LogP contribution in [0.4, 0.5) is 5.69 Å². The van der Waals surface area contributed by atoms with Crippen molar-refractivity contribution in [1.29, 1.82) is 0 Å². The van der Waals surface area contributed by atoms with Crippen LogP contribution in [0.3, 0.4) is 0 Å². The minimum Gasteiger partial charge on any atom is -0.475 e. The summed E-state index contributed by atoms with van der Waals surface area (Å²) in [4.78, 5) is 4.60. The molecule has 0 amide bonds. The number of anilines is 1. The van der Waals surface area contributed by atoms with Crippen molar-refractivity contribution in [3.05, 3.63) is 41.6 Å². The highest BCUT2D eigenvalue weighted by atomic mass is 16.5. The average molecular weight is 228 g/mol. The summed E-state index contributed by atoms with van der Waals surface area (Å²) in [5.74, 6) is 0.789. The molecule has 88 valence electrons. The molecule has 0 fully saturated rings. The molecule has 0 radical (unpaired) electrons. The number of para-hydroxylation sites is 1. The molecular formula is C14H16N2O. The Morgan fingerprint density at radius 1 is 1.29 bits per heavy atom. The van der Waals surface area contributed by atoms with E-state index < -0.39 is 0 Å². The lowest BCUT2D eigenvalue weighted by molar-refractivity contribution is 0.278. The second kappa shape index (κ2) is 3.62. The minimum atomic E-state index is -0.0901. The lowest BCUT2D eigenvalue weighted by Gasteiger charge is -2.17. The van der Waals surface area contributed by atoms with Gasteiger partial charge in [0.05, 0.1) is 5.54 Å². The smallest absolute Gasteiger partial charge is 0.214 e. The van der Waals surface area contributed by atoms with Gasteiger partial charge in [-0.15, -0.1) is 0 Å². The van der Waals surface area contributed by atoms with Gasteiger partial charge in [0.15, 0.2) is 0 Å². The van der Waals surface area contributed by atoms with Crippen molar-refractivity contribution in [3.63, 3.8) is 0 Å². The molecule has 0 bridgehead atoms. The van der Waals surface area contributed by atoms with Crippen LogP contribution in [0.25, 0.3) is 0 Å². The lowest BCUT2D eigenvalue weighted by Crippen LogP contribution is -2.17. The van der Waals surface area contributed by atoms with Crippen molar-refractivity contribution in [3.8, 4) is 0 Å². The standard InChI is InChI=1S/C14H16N2O/c1-14(2)9-17-13(16-14)11-7-10-5-3-4-6-12(10)15-8-11/h3-6,8,15H,7,9H2,1-2H3. The molecule has 0 saturated carbocycles. The Kier molecular flexibility index (Phi) is 2.21. The normalized spacial score (nSPS) is 20.8. The molecule has 0 unspecified atom stereocenters. The molecule has 0 saturated heterocycles. The zero-order valence-electron chi connectivity index (χ0n) is 10.2. The molecule has 2 aliphatic rings. The molecule has 1 aromatic carbocycles. The maximum Gasteiger partial charge on any atom is 0.214 e. The van der Waals surface area contributed by atoms with Gasteiger partial charge in [0.2, 0.25) is 5.90 Å². The highest BCUT2D eigenvalue weighted by Crippen LogP contribution is 2.27. The Balaban J connectivity index is 1.87. The van der Waals surface area contributed by atoms with Crippen LogP contribution in [0, 0.1) is 0 Å². The molecular weight excluding hydrogens is 212 g/mol. The van der Waals surface area contributed by atoms with E-state index in [-0.39, 0.29) is 5.54 Å². The van der Waals surface area contributed by atoms with Gasteiger partial charge in [0.1, 0.15) is 6.61 Å². The topological polar surface area (TPSA) is 33.6 Å². The summed E-state index contributed by atoms with van der Waals surface area (Å²) in [5.41, 5.74) is 3.51. The largest absolute Gasteiger partial charge is 0.475 e. The molecule has 3 rings (SSSR count). The fourth-order valence-corrected chi connectivity index (χ4v) is 2.12. The van der Waals surface area contributed by atoms with Crippen molar-refractivity contribution in [2.75, 3.05) is 11.9 Å². The van der Waals surface area contributed by atoms with Gasteiger partial charge in [-0.25, -0.2) is 4.99 Å². The van der Waals surface area contributed by atoms with Crippen LogP contribution in [-0.4, -0.2) is 18.0 Å². The highest BCUT2D eigenvalue weighted by molar-refractivity contribution is 5.96. The first-order chi connectivity index (χ1) is 8.14. The van der Waals surface area contributed by atoms with Crippen molar-refractivity contribution >= 4 is 11.6 Å². The number of fused-ring (bicyclic) bond motifs is 1. The summed E-state index contributed by atoms with van der Waals surface area (Å²) in [5, 5.41) is 3.29. The van der Waals surface area contributed by atoms with E-state index in [1.54, 1.807) is 0 Å². The van der Waals surface area contributed by atoms with Crippen LogP contribution in [-0.2, 0) is 11.2 Å². The maximum absolute atomic E-state index is 5.66. The Hall–Kier alpha value is -1.77. The van der Waals surface area contributed by atoms with E-state index in [0.717, 1.165) is 17.9 Å². The predicted octanol–water partition coefficient (Wildman–Crippen LogP) is 2.75. The second-order valence-corrected chi connectivity index (χ2v) is 5.17. The Morgan fingerprint density at radius 3 is 2.88 bits per heavy atom. The van der Waals surface area contributed by atoms with E-state index in [2.05, 4.69) is 42.4 Å². The summed E-state index contributed by atoms with van der Waals surface area (Å²) in [7, 11) is 0. The minimum absolute atomic E-state index is 0.0901. The Morgan fingerprint density at radius 2 is 2.12 bits per heavy atom. The number of hydrogen-bond acceptors (Lipinski definition) is 3. The molecule has 0 atom stereocenters. The van der Waals surface area contributed by atoms with Crippen LogP contribution in [0.2, 0.25) is 0 Å². The van der Waals surface area contributed by atoms with E-state index in [0.29, 0.717) is 6.61 Å². The summed E-state index contributed by atoms with van der Waals surface area (Å²) in [6.07, 6.45) is 2.89. The first kappa shape index (κ1) is 10.4. The van der Waals surface area contributed by atoms with Gasteiger partial charge in [-0.3, -0.25) is 0 Å². The van der Waals surface area contributed by atoms with Gasteiger partial charge in [0.25, 0.3) is 0 Å². The zero-order chi connectivity index (χ0) is 11.9. The fraction of sp³-hybridized carbons (Fsp3) is 0.357. The molecule has 0 aromatic heterocycles. The van der Waals surface area contributed by atoms with Gasteiger partial charge < -0.3 is 10.1 Å². The van der Waals surface area contributed by atoms with Crippen LogP contribution >= 0.6 is 0 Å². The fourth-order valence-electron chi connectivity index (χ4n) is 2.12. The number of hydrogen-bond donors (Lipinski definition) is 1. The molecule has 2 heterocycles. The van der Waals surface area contributed by atoms with Gasteiger partial charge in [-0.2, -0.15) is 0 Å². The van der Waals surface area contributed by atoms with Crippen LogP contribution in [0.1, 0.15) is 19.4 Å². The van der Waals surface area contributed by atoms with Crippen molar-refractivity contribution in [2.24, 2.45) is 4.99 Å². The molecule has 0 aliphatic carbocycles. The third-order valence-electron chi connectivity index (χ3n) is 3.04. The summed E-state index contributed by atoms with van der Waals surface area (Å²) < 4.78 is 5.66. The number of benzene rings is 1. The van der Waals surface area contributed by atoms with Gasteiger partial charge in [0, 0.05) is 23.9 Å². The number of ether oxygens (including phenoxy) is 1. The molecule has 1 N–H and O–H groups in total. The van der Waals surface area contributed by atoms with Crippen molar-refractivity contribution < 1.29 is 4.74 Å². The van der Waals surface area contributed by atoms with Crippen molar-refractivity contribution in [2.45, 2.75) is 25.8 Å². The molecule has 3 nitrogen and oxygen atoms in total. The van der Waals surface area contributed by atoms with Gasteiger partial charge in [-0.1, -0.05) is 18.2 Å². The lowest BCUT2D eigenvalue weighted by atomic mass is 10.0. The average Bonchev–Trinajstić information content (AvgIpc) is 2.69. The van der Waals surface area contributed by atoms with Crippen molar-refractivity contribution in [1.82, 2.24) is 0 Å². The summed E-state index contributed by atoms with van der Waals surface area (Å²) in [6, 6.07) is 8.32. The number of rotatable bonds is 1. The summed E-state index contributed by atoms with van der Waals surface area (Å²) >= 11 is 0. The van der Waals surface area contributed by atoms with Crippen LogP contribution < -0.4 is 5.32 Å². The molecule has 2 aliphatic heterocycles. The monoisotopic (exact) mass is 228 g/mol. The van der Waals surface area contributed by atoms with E-state index in [9.17, 15) is 0 Å².